The van der Waals surface area contributed by atoms with Crippen LogP contribution in [0.4, 0.5) is 20.2 Å². The molecule has 8 nitrogen and oxygen atoms in total. The van der Waals surface area contributed by atoms with E-state index in [-0.39, 0.29) is 28.6 Å². The van der Waals surface area contributed by atoms with Crippen molar-refractivity contribution in [1.29, 1.82) is 0 Å². The molecule has 11 heteroatoms. The van der Waals surface area contributed by atoms with Gasteiger partial charge in [-0.15, -0.1) is 11.3 Å². The Hall–Kier alpha value is -3.54. The number of thiazole rings is 1. The summed E-state index contributed by atoms with van der Waals surface area (Å²) in [5.74, 6) is 2.01. The van der Waals surface area contributed by atoms with E-state index in [1.807, 2.05) is 18.2 Å². The van der Waals surface area contributed by atoms with Gasteiger partial charge in [0.15, 0.2) is 11.6 Å². The van der Waals surface area contributed by atoms with Crippen LogP contribution < -0.4 is 27.3 Å². The van der Waals surface area contributed by atoms with E-state index >= 15 is 8.78 Å². The van der Waals surface area contributed by atoms with Gasteiger partial charge < -0.3 is 25.6 Å². The predicted molar refractivity (Wildman–Crippen MR) is 124 cm³/mol. The summed E-state index contributed by atoms with van der Waals surface area (Å²) in [6.45, 7) is 0.558. The summed E-state index contributed by atoms with van der Waals surface area (Å²) < 4.78 is 32.7. The van der Waals surface area contributed by atoms with Crippen molar-refractivity contribution in [2.75, 3.05) is 23.4 Å². The van der Waals surface area contributed by atoms with Gasteiger partial charge in [-0.2, -0.15) is 0 Å². The summed E-state index contributed by atoms with van der Waals surface area (Å²) >= 11 is 1.04. The Kier molecular flexibility index (Phi) is 5.04. The number of nitrogen functional groups attached to an aromatic ring is 1. The van der Waals surface area contributed by atoms with Crippen LogP contribution in [0.5, 0.6) is 0 Å². The Bertz CT molecular complexity index is 1490. The number of rotatable bonds is 4. The lowest BCUT2D eigenvalue weighted by Gasteiger charge is -2.23. The third-order valence-corrected chi connectivity index (χ3v) is 7.02. The van der Waals surface area contributed by atoms with Crippen molar-refractivity contribution in [3.05, 3.63) is 63.9 Å². The number of aromatic nitrogens is 1. The highest BCUT2D eigenvalue weighted by molar-refractivity contribution is 7.21. The zero-order chi connectivity index (χ0) is 23.4. The van der Waals surface area contributed by atoms with Gasteiger partial charge in [0.2, 0.25) is 5.43 Å². The zero-order valence-corrected chi connectivity index (χ0v) is 18.0. The molecule has 170 valence electrons. The number of nitrogens with two attached hydrogens (primary N) is 2. The Balaban J connectivity index is 1.96. The van der Waals surface area contributed by atoms with Crippen LogP contribution in [0.1, 0.15) is 16.8 Å². The van der Waals surface area contributed by atoms with E-state index in [4.69, 9.17) is 11.6 Å². The molecular weight excluding hydrogens is 452 g/mol. The summed E-state index contributed by atoms with van der Waals surface area (Å²) in [5, 5.41) is 9.33. The number of aromatic carboxylic acids is 1. The molecule has 6 N–H and O–H groups in total. The molecule has 1 aliphatic heterocycles. The average Bonchev–Trinajstić information content (AvgIpc) is 3.41. The minimum atomic E-state index is -1.50. The molecule has 1 atom stereocenters. The summed E-state index contributed by atoms with van der Waals surface area (Å²) in [6.07, 6.45) is 2.09. The lowest BCUT2D eigenvalue weighted by molar-refractivity contribution is 0.0697. The molecule has 2 aromatic carbocycles. The van der Waals surface area contributed by atoms with Crippen LogP contribution in [-0.4, -0.2) is 34.6 Å². The van der Waals surface area contributed by atoms with Crippen molar-refractivity contribution in [3.63, 3.8) is 0 Å². The van der Waals surface area contributed by atoms with Crippen LogP contribution in [0.3, 0.4) is 0 Å². The van der Waals surface area contributed by atoms with Crippen LogP contribution in [0.15, 0.2) is 41.3 Å². The highest BCUT2D eigenvalue weighted by Gasteiger charge is 2.32. The Morgan fingerprint density at radius 3 is 2.55 bits per heavy atom. The van der Waals surface area contributed by atoms with E-state index in [1.54, 1.807) is 18.3 Å². The normalized spacial score (nSPS) is 16.1. The van der Waals surface area contributed by atoms with Gasteiger partial charge in [-0.05, 0) is 12.0 Å². The molecule has 0 spiro atoms. The maximum absolute atomic E-state index is 16.0. The number of nitrogens with zero attached hydrogens (tertiary/aromatic N) is 2. The minimum absolute atomic E-state index is 0.0383. The van der Waals surface area contributed by atoms with Gasteiger partial charge in [0, 0.05) is 25.3 Å². The number of hydrazine groups is 1. The van der Waals surface area contributed by atoms with Gasteiger partial charge in [-0.1, -0.05) is 30.3 Å². The number of carboxylic acids is 1. The number of pyridine rings is 1. The first-order valence-corrected chi connectivity index (χ1v) is 10.9. The quantitative estimate of drug-likeness (QED) is 0.266. The maximum Gasteiger partial charge on any atom is 0.342 e. The van der Waals surface area contributed by atoms with Gasteiger partial charge in [-0.3, -0.25) is 10.6 Å². The first-order valence-electron chi connectivity index (χ1n) is 10.1. The summed E-state index contributed by atoms with van der Waals surface area (Å²) in [4.78, 5) is 27.4. The first kappa shape index (κ1) is 21.3. The Morgan fingerprint density at radius 2 is 1.94 bits per heavy atom. The van der Waals surface area contributed by atoms with Gasteiger partial charge in [0.1, 0.15) is 21.8 Å². The van der Waals surface area contributed by atoms with E-state index in [2.05, 4.69) is 5.43 Å². The van der Waals surface area contributed by atoms with Crippen LogP contribution >= 0.6 is 11.3 Å². The molecule has 1 unspecified atom stereocenters. The van der Waals surface area contributed by atoms with Crippen LogP contribution in [0.2, 0.25) is 0 Å². The number of nitrogens with one attached hydrogen (secondary N) is 1. The standard InChI is InChI=1S/C22H19F2N5O3S/c23-15-17(27-26)13-18(16(24)19(15)28-7-6-11(25)8-28)29-9-12(10-4-2-1-3-5-10)33-21(29)14(20(13)30)22(31)32/h1-5,9,11,27H,6-8,25-26H2,(H,31,32). The Labute approximate surface area is 189 Å². The van der Waals surface area contributed by atoms with Crippen LogP contribution in [0.25, 0.3) is 26.2 Å². The number of halogens is 2. The van der Waals surface area contributed by atoms with Crippen molar-refractivity contribution in [2.24, 2.45) is 11.6 Å². The van der Waals surface area contributed by atoms with Crippen LogP contribution in [-0.2, 0) is 0 Å². The predicted octanol–water partition coefficient (Wildman–Crippen LogP) is 2.98. The fourth-order valence-electron chi connectivity index (χ4n) is 4.36. The molecule has 33 heavy (non-hydrogen) atoms. The molecule has 5 rings (SSSR count). The summed E-state index contributed by atoms with van der Waals surface area (Å²) in [5.41, 5.74) is 6.18. The highest BCUT2D eigenvalue weighted by Crippen LogP contribution is 2.40. The van der Waals surface area contributed by atoms with Crippen molar-refractivity contribution in [3.8, 4) is 10.4 Å². The molecule has 4 aromatic rings. The lowest BCUT2D eigenvalue weighted by Crippen LogP contribution is -2.29. The largest absolute Gasteiger partial charge is 0.477 e. The number of hydrogen-bond acceptors (Lipinski definition) is 7. The molecule has 1 fully saturated rings. The number of anilines is 2. The van der Waals surface area contributed by atoms with Gasteiger partial charge in [-0.25, -0.2) is 13.6 Å². The van der Waals surface area contributed by atoms with Crippen molar-refractivity contribution < 1.29 is 18.7 Å². The second-order valence-electron chi connectivity index (χ2n) is 7.86. The average molecular weight is 471 g/mol. The maximum atomic E-state index is 16.0. The number of fused-ring (bicyclic) bond motifs is 3. The van der Waals surface area contributed by atoms with E-state index in [1.165, 1.54) is 9.30 Å². The van der Waals surface area contributed by atoms with E-state index in [9.17, 15) is 14.7 Å². The van der Waals surface area contributed by atoms with E-state index in [0.717, 1.165) is 16.9 Å². The third kappa shape index (κ3) is 3.16. The molecule has 0 amide bonds. The van der Waals surface area contributed by atoms with Gasteiger partial charge in [0.25, 0.3) is 0 Å². The molecular formula is C22H19F2N5O3S. The molecule has 0 radical (unpaired) electrons. The van der Waals surface area contributed by atoms with Crippen molar-refractivity contribution in [1.82, 2.24) is 4.40 Å². The molecule has 3 heterocycles. The number of carboxylic acid groups (broad SMARTS) is 1. The van der Waals surface area contributed by atoms with Gasteiger partial charge in [0.05, 0.1) is 15.8 Å². The van der Waals surface area contributed by atoms with E-state index < -0.39 is 39.7 Å². The monoisotopic (exact) mass is 471 g/mol. The minimum Gasteiger partial charge on any atom is -0.477 e. The molecule has 1 saturated heterocycles. The molecule has 1 aliphatic rings. The lowest BCUT2D eigenvalue weighted by atomic mass is 10.1. The molecule has 0 aliphatic carbocycles. The first-order chi connectivity index (χ1) is 15.8. The highest BCUT2D eigenvalue weighted by atomic mass is 32.1. The number of hydrogen-bond donors (Lipinski definition) is 4. The summed E-state index contributed by atoms with van der Waals surface area (Å²) in [7, 11) is 0. The van der Waals surface area contributed by atoms with Crippen LogP contribution in [0, 0.1) is 11.6 Å². The molecule has 0 saturated carbocycles. The van der Waals surface area contributed by atoms with E-state index in [0.29, 0.717) is 17.8 Å². The molecule has 0 bridgehead atoms. The SMILES string of the molecule is NNc1c(F)c(N2CCC(N)C2)c(F)c2c1c(=O)c(C(=O)O)c1sc(-c3ccccc3)cn12. The smallest absolute Gasteiger partial charge is 0.342 e. The second kappa shape index (κ2) is 7.80. The fourth-order valence-corrected chi connectivity index (χ4v) is 5.50. The van der Waals surface area contributed by atoms with Crippen molar-refractivity contribution >= 4 is 44.4 Å². The second-order valence-corrected chi connectivity index (χ2v) is 8.89. The zero-order valence-electron chi connectivity index (χ0n) is 17.1. The number of benzene rings is 2. The number of carbonyl (C=O) groups is 1. The topological polar surface area (TPSA) is 126 Å². The summed E-state index contributed by atoms with van der Waals surface area (Å²) in [6, 6.07) is 8.81. The van der Waals surface area contributed by atoms with Gasteiger partial charge >= 0.3 is 5.97 Å². The fraction of sp³-hybridized carbons (Fsp3) is 0.182. The van der Waals surface area contributed by atoms with Crippen molar-refractivity contribution in [2.45, 2.75) is 12.5 Å². The molecule has 2 aromatic heterocycles. The Morgan fingerprint density at radius 1 is 1.21 bits per heavy atom. The third-order valence-electron chi connectivity index (χ3n) is 5.87.